The Morgan fingerprint density at radius 3 is 2.28 bits per heavy atom. The van der Waals surface area contributed by atoms with Crippen LogP contribution in [0.5, 0.6) is 0 Å². The van der Waals surface area contributed by atoms with Gasteiger partial charge in [-0.3, -0.25) is 0 Å². The minimum atomic E-state index is -1.41. The maximum atomic E-state index is 13.3. The summed E-state index contributed by atoms with van der Waals surface area (Å²) in [4.78, 5) is 0. The highest BCUT2D eigenvalue weighted by atomic mass is 32.1. The van der Waals surface area contributed by atoms with Gasteiger partial charge >= 0.3 is 0 Å². The lowest BCUT2D eigenvalue weighted by atomic mass is 10.2. The van der Waals surface area contributed by atoms with E-state index in [1.807, 2.05) is 16.8 Å². The molecule has 0 amide bonds. The van der Waals surface area contributed by atoms with Crippen molar-refractivity contribution in [3.63, 3.8) is 0 Å². The molecule has 0 aliphatic heterocycles. The molecular formula is C12H9F4NS. The van der Waals surface area contributed by atoms with Crippen LogP contribution >= 0.6 is 11.3 Å². The van der Waals surface area contributed by atoms with E-state index < -0.39 is 29.0 Å². The topological polar surface area (TPSA) is 12.0 Å². The Morgan fingerprint density at radius 1 is 1.06 bits per heavy atom. The van der Waals surface area contributed by atoms with Crippen molar-refractivity contribution < 1.29 is 17.6 Å². The molecular weight excluding hydrogens is 266 g/mol. The number of rotatable bonds is 4. The van der Waals surface area contributed by atoms with Gasteiger partial charge in [-0.15, -0.1) is 0 Å². The van der Waals surface area contributed by atoms with Crippen LogP contribution in [-0.2, 0) is 6.42 Å². The number of hydrogen-bond donors (Lipinski definition) is 1. The third-order valence-electron chi connectivity index (χ3n) is 2.41. The van der Waals surface area contributed by atoms with Crippen molar-refractivity contribution in [3.05, 3.63) is 51.7 Å². The van der Waals surface area contributed by atoms with Gasteiger partial charge in [0.05, 0.1) is 0 Å². The van der Waals surface area contributed by atoms with E-state index in [1.54, 1.807) is 0 Å². The molecule has 96 valence electrons. The van der Waals surface area contributed by atoms with Crippen molar-refractivity contribution in [3.8, 4) is 0 Å². The fourth-order valence-electron chi connectivity index (χ4n) is 1.50. The second-order valence-corrected chi connectivity index (χ2v) is 4.43. The SMILES string of the molecule is Fc1cc(F)c(F)c(NCCc2ccsc2)c1F. The zero-order chi connectivity index (χ0) is 13.1. The van der Waals surface area contributed by atoms with E-state index in [2.05, 4.69) is 5.32 Å². The van der Waals surface area contributed by atoms with Crippen LogP contribution in [0.1, 0.15) is 5.56 Å². The molecule has 0 aliphatic rings. The molecule has 0 atom stereocenters. The summed E-state index contributed by atoms with van der Waals surface area (Å²) in [5.74, 6) is -5.63. The Bertz CT molecular complexity index is 513. The van der Waals surface area contributed by atoms with Gasteiger partial charge < -0.3 is 5.32 Å². The Kier molecular flexibility index (Phi) is 3.86. The molecule has 2 aromatic rings. The van der Waals surface area contributed by atoms with Gasteiger partial charge in [0.1, 0.15) is 5.69 Å². The lowest BCUT2D eigenvalue weighted by molar-refractivity contribution is 0.458. The first-order chi connectivity index (χ1) is 8.59. The van der Waals surface area contributed by atoms with E-state index in [0.29, 0.717) is 6.42 Å². The van der Waals surface area contributed by atoms with Crippen molar-refractivity contribution in [1.29, 1.82) is 0 Å². The molecule has 0 saturated carbocycles. The standard InChI is InChI=1S/C12H9F4NS/c13-8-5-9(14)11(16)12(10(8)15)17-3-1-7-2-4-18-6-7/h2,4-6,17H,1,3H2. The van der Waals surface area contributed by atoms with Crippen LogP contribution in [0.15, 0.2) is 22.9 Å². The molecule has 6 heteroatoms. The molecule has 0 radical (unpaired) electrons. The van der Waals surface area contributed by atoms with Gasteiger partial charge in [0.25, 0.3) is 0 Å². The number of nitrogens with one attached hydrogen (secondary N) is 1. The maximum Gasteiger partial charge on any atom is 0.185 e. The lowest BCUT2D eigenvalue weighted by Crippen LogP contribution is -2.10. The Labute approximate surface area is 105 Å². The Hall–Kier alpha value is -1.56. The first kappa shape index (κ1) is 12.9. The van der Waals surface area contributed by atoms with Crippen LogP contribution in [0.25, 0.3) is 0 Å². The van der Waals surface area contributed by atoms with Crippen LogP contribution in [-0.4, -0.2) is 6.54 Å². The maximum absolute atomic E-state index is 13.3. The minimum Gasteiger partial charge on any atom is -0.380 e. The van der Waals surface area contributed by atoms with Crippen LogP contribution in [0.2, 0.25) is 0 Å². The highest BCUT2D eigenvalue weighted by Crippen LogP contribution is 2.24. The van der Waals surface area contributed by atoms with Crippen molar-refractivity contribution in [2.24, 2.45) is 0 Å². The smallest absolute Gasteiger partial charge is 0.185 e. The number of hydrogen-bond acceptors (Lipinski definition) is 2. The normalized spacial score (nSPS) is 10.7. The first-order valence-corrected chi connectivity index (χ1v) is 6.12. The second kappa shape index (κ2) is 5.39. The fraction of sp³-hybridized carbons (Fsp3) is 0.167. The van der Waals surface area contributed by atoms with E-state index in [1.165, 1.54) is 11.3 Å². The van der Waals surface area contributed by atoms with Crippen molar-refractivity contribution >= 4 is 17.0 Å². The molecule has 1 aromatic carbocycles. The average Bonchev–Trinajstić information content (AvgIpc) is 2.84. The lowest BCUT2D eigenvalue weighted by Gasteiger charge is -2.09. The van der Waals surface area contributed by atoms with Crippen molar-refractivity contribution in [1.82, 2.24) is 0 Å². The van der Waals surface area contributed by atoms with Gasteiger partial charge in [-0.25, -0.2) is 17.6 Å². The number of thiophene rings is 1. The first-order valence-electron chi connectivity index (χ1n) is 5.17. The molecule has 1 aromatic heterocycles. The molecule has 0 fully saturated rings. The number of benzene rings is 1. The summed E-state index contributed by atoms with van der Waals surface area (Å²) in [6.07, 6.45) is 0.514. The summed E-state index contributed by atoms with van der Waals surface area (Å²) in [6, 6.07) is 2.06. The average molecular weight is 275 g/mol. The highest BCUT2D eigenvalue weighted by molar-refractivity contribution is 7.07. The molecule has 18 heavy (non-hydrogen) atoms. The van der Waals surface area contributed by atoms with E-state index in [9.17, 15) is 17.6 Å². The molecule has 1 nitrogen and oxygen atoms in total. The molecule has 0 bridgehead atoms. The Morgan fingerprint density at radius 2 is 1.72 bits per heavy atom. The summed E-state index contributed by atoms with van der Waals surface area (Å²) in [7, 11) is 0. The van der Waals surface area contributed by atoms with Crippen LogP contribution in [0.3, 0.4) is 0 Å². The molecule has 0 saturated heterocycles. The summed E-state index contributed by atoms with van der Waals surface area (Å²) in [5, 5.41) is 6.14. The molecule has 2 rings (SSSR count). The summed E-state index contributed by atoms with van der Waals surface area (Å²) < 4.78 is 52.3. The summed E-state index contributed by atoms with van der Waals surface area (Å²) >= 11 is 1.50. The number of halogens is 4. The predicted molar refractivity (Wildman–Crippen MR) is 62.8 cm³/mol. The molecule has 0 aliphatic carbocycles. The zero-order valence-corrected chi connectivity index (χ0v) is 9.96. The van der Waals surface area contributed by atoms with Gasteiger partial charge in [0, 0.05) is 12.6 Å². The summed E-state index contributed by atoms with van der Waals surface area (Å²) in [6.45, 7) is 0.188. The van der Waals surface area contributed by atoms with Crippen molar-refractivity contribution in [2.75, 3.05) is 11.9 Å². The van der Waals surface area contributed by atoms with Gasteiger partial charge in [-0.05, 0) is 28.8 Å². The molecule has 0 spiro atoms. The number of anilines is 1. The molecule has 1 N–H and O–H groups in total. The Balaban J connectivity index is 2.09. The summed E-state index contributed by atoms with van der Waals surface area (Å²) in [5.41, 5.74) is 0.230. The van der Waals surface area contributed by atoms with Crippen molar-refractivity contribution in [2.45, 2.75) is 6.42 Å². The van der Waals surface area contributed by atoms with Crippen LogP contribution in [0.4, 0.5) is 23.2 Å². The molecule has 1 heterocycles. The highest BCUT2D eigenvalue weighted by Gasteiger charge is 2.18. The largest absolute Gasteiger partial charge is 0.380 e. The monoisotopic (exact) mass is 275 g/mol. The van der Waals surface area contributed by atoms with Gasteiger partial charge in [-0.2, -0.15) is 11.3 Å². The van der Waals surface area contributed by atoms with Gasteiger partial charge in [0.2, 0.25) is 0 Å². The second-order valence-electron chi connectivity index (χ2n) is 3.65. The zero-order valence-electron chi connectivity index (χ0n) is 9.14. The van der Waals surface area contributed by atoms with E-state index >= 15 is 0 Å². The third kappa shape index (κ3) is 2.64. The van der Waals surface area contributed by atoms with E-state index in [-0.39, 0.29) is 12.6 Å². The quantitative estimate of drug-likeness (QED) is 0.658. The third-order valence-corrected chi connectivity index (χ3v) is 3.14. The predicted octanol–water partition coefficient (Wildman–Crippen LogP) is 3.96. The van der Waals surface area contributed by atoms with Crippen LogP contribution < -0.4 is 5.32 Å². The fourth-order valence-corrected chi connectivity index (χ4v) is 2.20. The van der Waals surface area contributed by atoms with Crippen LogP contribution in [0, 0.1) is 23.3 Å². The van der Waals surface area contributed by atoms with Gasteiger partial charge in [0.15, 0.2) is 23.3 Å². The van der Waals surface area contributed by atoms with Gasteiger partial charge in [-0.1, -0.05) is 0 Å². The van der Waals surface area contributed by atoms with E-state index in [4.69, 9.17) is 0 Å². The molecule has 0 unspecified atom stereocenters. The minimum absolute atomic E-state index is 0.188. The van der Waals surface area contributed by atoms with E-state index in [0.717, 1.165) is 5.56 Å².